The van der Waals surface area contributed by atoms with Crippen molar-refractivity contribution in [2.45, 2.75) is 25.1 Å². The van der Waals surface area contributed by atoms with E-state index in [4.69, 9.17) is 9.47 Å². The number of hydrogen-bond donors (Lipinski definition) is 0. The number of carbonyl (C=O) groups excluding carboxylic acids is 1. The third kappa shape index (κ3) is 5.28. The predicted octanol–water partition coefficient (Wildman–Crippen LogP) is 1.89. The summed E-state index contributed by atoms with van der Waals surface area (Å²) in [7, 11) is 2.02. The number of thioether (sulfide) groups is 1. The molecule has 6 nitrogen and oxygen atoms in total. The largest absolute Gasteiger partial charge is 0.493 e. The fourth-order valence-corrected chi connectivity index (χ4v) is 6.31. The van der Waals surface area contributed by atoms with E-state index in [9.17, 15) is 13.2 Å². The number of sulfone groups is 1. The maximum absolute atomic E-state index is 12.4. The van der Waals surface area contributed by atoms with Crippen molar-refractivity contribution in [3.8, 4) is 11.5 Å². The van der Waals surface area contributed by atoms with Gasteiger partial charge in [-0.1, -0.05) is 0 Å². The summed E-state index contributed by atoms with van der Waals surface area (Å²) >= 11 is 1.44. The second kappa shape index (κ2) is 8.31. The van der Waals surface area contributed by atoms with Gasteiger partial charge in [-0.15, -0.1) is 11.8 Å². The van der Waals surface area contributed by atoms with Crippen molar-refractivity contribution < 1.29 is 22.7 Å². The first-order chi connectivity index (χ1) is 11.8. The Balaban J connectivity index is 1.94. The predicted molar refractivity (Wildman–Crippen MR) is 100 cm³/mol. The Morgan fingerprint density at radius 3 is 2.48 bits per heavy atom. The van der Waals surface area contributed by atoms with Gasteiger partial charge in [0.25, 0.3) is 0 Å². The third-order valence-electron chi connectivity index (χ3n) is 4.31. The summed E-state index contributed by atoms with van der Waals surface area (Å²) < 4.78 is 33.6. The number of carbonyl (C=O) groups is 1. The van der Waals surface area contributed by atoms with Crippen LogP contribution in [-0.4, -0.2) is 63.0 Å². The number of ether oxygens (including phenoxy) is 2. The molecule has 1 aliphatic rings. The molecule has 1 saturated heterocycles. The van der Waals surface area contributed by atoms with Gasteiger partial charge in [0, 0.05) is 18.8 Å². The summed E-state index contributed by atoms with van der Waals surface area (Å²) in [4.78, 5) is 14.0. The Bertz CT molecular complexity index is 733. The van der Waals surface area contributed by atoms with Crippen LogP contribution in [-0.2, 0) is 21.2 Å². The molecule has 0 saturated carbocycles. The molecule has 1 atom stereocenters. The molecular formula is C17H25NO5S2. The highest BCUT2D eigenvalue weighted by atomic mass is 32.2. The van der Waals surface area contributed by atoms with E-state index in [1.54, 1.807) is 26.2 Å². The first-order valence-corrected chi connectivity index (χ1v) is 10.9. The lowest BCUT2D eigenvalue weighted by molar-refractivity contribution is -0.127. The fraction of sp³-hybridized carbons (Fsp3) is 0.588. The van der Waals surface area contributed by atoms with Crippen LogP contribution < -0.4 is 9.47 Å². The molecule has 0 aromatic heterocycles. The van der Waals surface area contributed by atoms with Gasteiger partial charge in [0.2, 0.25) is 5.91 Å². The average molecular weight is 388 g/mol. The summed E-state index contributed by atoms with van der Waals surface area (Å²) in [5.74, 6) is 2.00. The van der Waals surface area contributed by atoms with Crippen LogP contribution in [0.3, 0.4) is 0 Å². The maximum atomic E-state index is 12.4. The van der Waals surface area contributed by atoms with Crippen molar-refractivity contribution in [1.29, 1.82) is 0 Å². The molecule has 8 heteroatoms. The van der Waals surface area contributed by atoms with E-state index in [0.717, 1.165) is 11.1 Å². The van der Waals surface area contributed by atoms with Crippen LogP contribution in [0.15, 0.2) is 12.1 Å². The van der Waals surface area contributed by atoms with Crippen molar-refractivity contribution in [2.75, 3.05) is 38.5 Å². The van der Waals surface area contributed by atoms with Crippen LogP contribution >= 0.6 is 11.8 Å². The summed E-state index contributed by atoms with van der Waals surface area (Å²) in [6.45, 7) is 2.43. The molecule has 0 bridgehead atoms. The molecule has 1 heterocycles. The maximum Gasteiger partial charge on any atom is 0.232 e. The Kier molecular flexibility index (Phi) is 6.62. The first-order valence-electron chi connectivity index (χ1n) is 8.03. The summed E-state index contributed by atoms with van der Waals surface area (Å²) in [6.07, 6.45) is 0.638. The monoisotopic (exact) mass is 387 g/mol. The van der Waals surface area contributed by atoms with Gasteiger partial charge in [-0.3, -0.25) is 4.79 Å². The number of aryl methyl sites for hydroxylation is 1. The van der Waals surface area contributed by atoms with Gasteiger partial charge < -0.3 is 14.4 Å². The van der Waals surface area contributed by atoms with Gasteiger partial charge in [0.15, 0.2) is 21.3 Å². The van der Waals surface area contributed by atoms with E-state index >= 15 is 0 Å². The van der Waals surface area contributed by atoms with E-state index in [0.29, 0.717) is 30.2 Å². The van der Waals surface area contributed by atoms with E-state index in [1.807, 2.05) is 19.1 Å². The molecule has 1 aromatic rings. The van der Waals surface area contributed by atoms with Crippen molar-refractivity contribution >= 4 is 27.5 Å². The van der Waals surface area contributed by atoms with Gasteiger partial charge in [-0.25, -0.2) is 8.42 Å². The summed E-state index contributed by atoms with van der Waals surface area (Å²) in [5.41, 5.74) is 2.01. The Morgan fingerprint density at radius 2 is 1.92 bits per heavy atom. The van der Waals surface area contributed by atoms with Crippen LogP contribution in [0, 0.1) is 6.92 Å². The standard InChI is InChI=1S/C17H25NO5S2/c1-12-7-15(22-3)16(23-4)8-13(12)9-18(2)17(19)10-24-14-5-6-25(20,21)11-14/h7-8,14H,5-6,9-11H2,1-4H3/t14-/m0/s1. The van der Waals surface area contributed by atoms with Crippen LogP contribution in [0.4, 0.5) is 0 Å². The number of hydrogen-bond acceptors (Lipinski definition) is 6. The van der Waals surface area contributed by atoms with Gasteiger partial charge in [-0.2, -0.15) is 0 Å². The number of methoxy groups -OCH3 is 2. The SMILES string of the molecule is COc1cc(C)c(CN(C)C(=O)CS[C@H]2CCS(=O)(=O)C2)cc1OC. The highest BCUT2D eigenvalue weighted by Gasteiger charge is 2.28. The minimum atomic E-state index is -2.90. The fourth-order valence-electron chi connectivity index (χ4n) is 2.73. The van der Waals surface area contributed by atoms with Crippen molar-refractivity contribution in [2.24, 2.45) is 0 Å². The normalized spacial score (nSPS) is 18.8. The van der Waals surface area contributed by atoms with Crippen molar-refractivity contribution in [1.82, 2.24) is 4.90 Å². The topological polar surface area (TPSA) is 72.9 Å². The van der Waals surface area contributed by atoms with Gasteiger partial charge in [0.1, 0.15) is 0 Å². The molecule has 0 aliphatic carbocycles. The molecule has 1 amide bonds. The van der Waals surface area contributed by atoms with E-state index < -0.39 is 9.84 Å². The van der Waals surface area contributed by atoms with Crippen LogP contribution in [0.5, 0.6) is 11.5 Å². The lowest BCUT2D eigenvalue weighted by atomic mass is 10.1. The van der Waals surface area contributed by atoms with Crippen LogP contribution in [0.1, 0.15) is 17.5 Å². The van der Waals surface area contributed by atoms with Crippen molar-refractivity contribution in [3.63, 3.8) is 0 Å². The molecular weight excluding hydrogens is 362 g/mol. The van der Waals surface area contributed by atoms with Gasteiger partial charge in [0.05, 0.1) is 31.5 Å². The summed E-state index contributed by atoms with van der Waals surface area (Å²) in [5, 5.41) is 0.0326. The van der Waals surface area contributed by atoms with Gasteiger partial charge >= 0.3 is 0 Å². The lowest BCUT2D eigenvalue weighted by Gasteiger charge is -2.20. The number of rotatable bonds is 7. The molecule has 1 aliphatic heterocycles. The molecule has 0 unspecified atom stereocenters. The van der Waals surface area contributed by atoms with Crippen LogP contribution in [0.2, 0.25) is 0 Å². The Hall–Kier alpha value is -1.41. The Morgan fingerprint density at radius 1 is 1.28 bits per heavy atom. The molecule has 2 rings (SSSR count). The second-order valence-electron chi connectivity index (χ2n) is 6.22. The molecule has 1 fully saturated rings. The summed E-state index contributed by atoms with van der Waals surface area (Å²) in [6, 6.07) is 3.78. The quantitative estimate of drug-likeness (QED) is 0.711. The second-order valence-corrected chi connectivity index (χ2v) is 9.74. The third-order valence-corrected chi connectivity index (χ3v) is 7.57. The van der Waals surface area contributed by atoms with E-state index in [1.165, 1.54) is 11.8 Å². The number of benzene rings is 1. The zero-order valence-corrected chi connectivity index (χ0v) is 16.7. The molecule has 1 aromatic carbocycles. The lowest BCUT2D eigenvalue weighted by Crippen LogP contribution is -2.29. The average Bonchev–Trinajstić information content (AvgIpc) is 2.92. The minimum Gasteiger partial charge on any atom is -0.493 e. The Labute approximate surface area is 153 Å². The minimum absolute atomic E-state index is 0.0107. The van der Waals surface area contributed by atoms with Crippen molar-refractivity contribution in [3.05, 3.63) is 23.3 Å². The van der Waals surface area contributed by atoms with Crippen LogP contribution in [0.25, 0.3) is 0 Å². The molecule has 140 valence electrons. The number of amides is 1. The van der Waals surface area contributed by atoms with E-state index in [2.05, 4.69) is 0 Å². The zero-order chi connectivity index (χ0) is 18.6. The zero-order valence-electron chi connectivity index (χ0n) is 15.1. The molecule has 0 spiro atoms. The molecule has 25 heavy (non-hydrogen) atoms. The van der Waals surface area contributed by atoms with E-state index in [-0.39, 0.29) is 22.7 Å². The molecule has 0 N–H and O–H groups in total. The smallest absolute Gasteiger partial charge is 0.232 e. The highest BCUT2D eigenvalue weighted by molar-refractivity contribution is 8.02. The van der Waals surface area contributed by atoms with Gasteiger partial charge in [-0.05, 0) is 36.6 Å². The highest BCUT2D eigenvalue weighted by Crippen LogP contribution is 2.31. The molecule has 0 radical (unpaired) electrons. The first kappa shape index (κ1) is 19.9. The number of nitrogens with zero attached hydrogens (tertiary/aromatic N) is 1.